The molecule has 0 amide bonds. The number of hydrogen-bond donors (Lipinski definition) is 2. The second-order valence-electron chi connectivity index (χ2n) is 3.83. The zero-order valence-electron chi connectivity index (χ0n) is 10.2. The summed E-state index contributed by atoms with van der Waals surface area (Å²) in [5, 5.41) is 3.35. The molecule has 0 aliphatic carbocycles. The second kappa shape index (κ2) is 7.06. The number of anilines is 2. The van der Waals surface area contributed by atoms with Crippen molar-refractivity contribution in [2.75, 3.05) is 37.2 Å². The van der Waals surface area contributed by atoms with Crippen LogP contribution in [0.1, 0.15) is 20.3 Å². The van der Waals surface area contributed by atoms with Crippen molar-refractivity contribution in [3.63, 3.8) is 0 Å². The zero-order valence-corrected chi connectivity index (χ0v) is 10.2. The smallest absolute Gasteiger partial charge is 0.125 e. The second-order valence-corrected chi connectivity index (χ2v) is 3.83. The number of nitrogen functional groups attached to an aromatic ring is 1. The molecule has 90 valence electrons. The van der Waals surface area contributed by atoms with Gasteiger partial charge in [0, 0.05) is 31.0 Å². The molecule has 0 radical (unpaired) electrons. The van der Waals surface area contributed by atoms with E-state index in [4.69, 9.17) is 5.73 Å². The number of rotatable bonds is 7. The van der Waals surface area contributed by atoms with E-state index >= 15 is 0 Å². The molecule has 0 aliphatic rings. The lowest BCUT2D eigenvalue weighted by atomic mass is 10.3. The van der Waals surface area contributed by atoms with Crippen molar-refractivity contribution >= 4 is 11.5 Å². The summed E-state index contributed by atoms with van der Waals surface area (Å²) in [5.74, 6) is 0.561. The van der Waals surface area contributed by atoms with Crippen molar-refractivity contribution in [1.82, 2.24) is 9.88 Å². The van der Waals surface area contributed by atoms with Crippen LogP contribution in [0.5, 0.6) is 0 Å². The first-order valence-electron chi connectivity index (χ1n) is 5.94. The first-order valence-corrected chi connectivity index (χ1v) is 5.94. The molecule has 3 N–H and O–H groups in total. The molecule has 0 unspecified atom stereocenters. The number of likely N-dealkylation sites (N-methyl/N-ethyl adjacent to an activating group) is 1. The standard InChI is InChI=1S/C12H22N4/c1-3-8-16(4-2)9-7-14-11-5-6-15-12(13)10-11/h5-6,10H,3-4,7-9H2,1-2H3,(H3,13,14,15). The van der Waals surface area contributed by atoms with Crippen molar-refractivity contribution in [3.8, 4) is 0 Å². The van der Waals surface area contributed by atoms with Gasteiger partial charge in [-0.05, 0) is 25.6 Å². The fraction of sp³-hybridized carbons (Fsp3) is 0.583. The molecule has 1 heterocycles. The van der Waals surface area contributed by atoms with Crippen molar-refractivity contribution in [2.24, 2.45) is 0 Å². The molecular weight excluding hydrogens is 200 g/mol. The van der Waals surface area contributed by atoms with Gasteiger partial charge in [-0.25, -0.2) is 4.98 Å². The van der Waals surface area contributed by atoms with E-state index in [1.54, 1.807) is 6.20 Å². The highest BCUT2D eigenvalue weighted by Gasteiger charge is 2.00. The van der Waals surface area contributed by atoms with Crippen LogP contribution in [0.25, 0.3) is 0 Å². The van der Waals surface area contributed by atoms with Crippen LogP contribution < -0.4 is 11.1 Å². The molecule has 1 rings (SSSR count). The third-order valence-corrected chi connectivity index (χ3v) is 2.53. The maximum atomic E-state index is 5.60. The van der Waals surface area contributed by atoms with Crippen LogP contribution in [0.3, 0.4) is 0 Å². The number of nitrogens with two attached hydrogens (primary N) is 1. The quantitative estimate of drug-likeness (QED) is 0.738. The van der Waals surface area contributed by atoms with Crippen LogP contribution in [0.15, 0.2) is 18.3 Å². The average molecular weight is 222 g/mol. The minimum Gasteiger partial charge on any atom is -0.384 e. The third kappa shape index (κ3) is 4.49. The molecule has 4 heteroatoms. The van der Waals surface area contributed by atoms with E-state index in [1.807, 2.05) is 12.1 Å². The van der Waals surface area contributed by atoms with E-state index < -0.39 is 0 Å². The van der Waals surface area contributed by atoms with E-state index in [2.05, 4.69) is 29.0 Å². The average Bonchev–Trinajstić information content (AvgIpc) is 2.28. The summed E-state index contributed by atoms with van der Waals surface area (Å²) in [4.78, 5) is 6.38. The van der Waals surface area contributed by atoms with Crippen molar-refractivity contribution in [2.45, 2.75) is 20.3 Å². The van der Waals surface area contributed by atoms with Crippen LogP contribution >= 0.6 is 0 Å². The molecule has 0 spiro atoms. The summed E-state index contributed by atoms with van der Waals surface area (Å²) in [6.07, 6.45) is 2.93. The highest BCUT2D eigenvalue weighted by Crippen LogP contribution is 2.08. The summed E-state index contributed by atoms with van der Waals surface area (Å²) in [7, 11) is 0. The predicted octanol–water partition coefficient (Wildman–Crippen LogP) is 1.81. The number of hydrogen-bond acceptors (Lipinski definition) is 4. The summed E-state index contributed by atoms with van der Waals surface area (Å²) in [6, 6.07) is 3.79. The van der Waals surface area contributed by atoms with E-state index in [9.17, 15) is 0 Å². The van der Waals surface area contributed by atoms with Gasteiger partial charge in [0.2, 0.25) is 0 Å². The Bertz CT molecular complexity index is 301. The molecule has 1 aromatic heterocycles. The molecule has 0 saturated heterocycles. The Labute approximate surface area is 97.9 Å². The largest absolute Gasteiger partial charge is 0.384 e. The van der Waals surface area contributed by atoms with Crippen molar-refractivity contribution < 1.29 is 0 Å². The molecule has 16 heavy (non-hydrogen) atoms. The van der Waals surface area contributed by atoms with E-state index in [1.165, 1.54) is 6.42 Å². The Morgan fingerprint density at radius 2 is 2.19 bits per heavy atom. The Morgan fingerprint density at radius 3 is 2.81 bits per heavy atom. The summed E-state index contributed by atoms with van der Waals surface area (Å²) in [5.41, 5.74) is 6.64. The van der Waals surface area contributed by atoms with Gasteiger partial charge in [-0.2, -0.15) is 0 Å². The number of aromatic nitrogens is 1. The molecule has 4 nitrogen and oxygen atoms in total. The van der Waals surface area contributed by atoms with Crippen LogP contribution in [0.4, 0.5) is 11.5 Å². The SMILES string of the molecule is CCCN(CC)CCNc1ccnc(N)c1. The van der Waals surface area contributed by atoms with Gasteiger partial charge in [-0.3, -0.25) is 0 Å². The van der Waals surface area contributed by atoms with Gasteiger partial charge < -0.3 is 16.0 Å². The van der Waals surface area contributed by atoms with Gasteiger partial charge >= 0.3 is 0 Å². The fourth-order valence-electron chi connectivity index (χ4n) is 1.66. The summed E-state index contributed by atoms with van der Waals surface area (Å²) >= 11 is 0. The first kappa shape index (κ1) is 12.8. The maximum absolute atomic E-state index is 5.60. The third-order valence-electron chi connectivity index (χ3n) is 2.53. The van der Waals surface area contributed by atoms with Crippen LogP contribution in [-0.4, -0.2) is 36.1 Å². The highest BCUT2D eigenvalue weighted by atomic mass is 15.1. The van der Waals surface area contributed by atoms with Crippen molar-refractivity contribution in [1.29, 1.82) is 0 Å². The molecule has 0 aliphatic heterocycles. The van der Waals surface area contributed by atoms with E-state index in [0.717, 1.165) is 31.9 Å². The van der Waals surface area contributed by atoms with Gasteiger partial charge in [0.1, 0.15) is 5.82 Å². The molecule has 0 aromatic carbocycles. The monoisotopic (exact) mass is 222 g/mol. The van der Waals surface area contributed by atoms with Crippen LogP contribution in [0.2, 0.25) is 0 Å². The van der Waals surface area contributed by atoms with Crippen molar-refractivity contribution in [3.05, 3.63) is 18.3 Å². The number of nitrogens with zero attached hydrogens (tertiary/aromatic N) is 2. The lowest BCUT2D eigenvalue weighted by molar-refractivity contribution is 0.300. The minimum absolute atomic E-state index is 0.561. The minimum atomic E-state index is 0.561. The van der Waals surface area contributed by atoms with Crippen LogP contribution in [0, 0.1) is 0 Å². The zero-order chi connectivity index (χ0) is 11.8. The lowest BCUT2D eigenvalue weighted by Gasteiger charge is -2.19. The van der Waals surface area contributed by atoms with E-state index in [-0.39, 0.29) is 0 Å². The molecule has 1 aromatic rings. The Balaban J connectivity index is 2.29. The summed E-state index contributed by atoms with van der Waals surface area (Å²) in [6.45, 7) is 8.67. The Hall–Kier alpha value is -1.29. The Morgan fingerprint density at radius 1 is 1.38 bits per heavy atom. The number of nitrogens with one attached hydrogen (secondary N) is 1. The fourth-order valence-corrected chi connectivity index (χ4v) is 1.66. The molecule has 0 atom stereocenters. The van der Waals surface area contributed by atoms with Gasteiger partial charge in [-0.15, -0.1) is 0 Å². The first-order chi connectivity index (χ1) is 7.76. The maximum Gasteiger partial charge on any atom is 0.125 e. The Kier molecular flexibility index (Phi) is 5.64. The van der Waals surface area contributed by atoms with Gasteiger partial charge in [-0.1, -0.05) is 13.8 Å². The topological polar surface area (TPSA) is 54.2 Å². The normalized spacial score (nSPS) is 10.7. The molecule has 0 bridgehead atoms. The van der Waals surface area contributed by atoms with Gasteiger partial charge in [0.25, 0.3) is 0 Å². The molecular formula is C12H22N4. The van der Waals surface area contributed by atoms with Gasteiger partial charge in [0.05, 0.1) is 0 Å². The predicted molar refractivity (Wildman–Crippen MR) is 69.5 cm³/mol. The molecule has 0 saturated carbocycles. The summed E-state index contributed by atoms with van der Waals surface area (Å²) < 4.78 is 0. The number of pyridine rings is 1. The van der Waals surface area contributed by atoms with Gasteiger partial charge in [0.15, 0.2) is 0 Å². The molecule has 0 fully saturated rings. The lowest BCUT2D eigenvalue weighted by Crippen LogP contribution is -2.29. The van der Waals surface area contributed by atoms with E-state index in [0.29, 0.717) is 5.82 Å². The highest BCUT2D eigenvalue weighted by molar-refractivity contribution is 5.49. The van der Waals surface area contributed by atoms with Crippen LogP contribution in [-0.2, 0) is 0 Å².